The van der Waals surface area contributed by atoms with E-state index in [4.69, 9.17) is 5.73 Å². The highest BCUT2D eigenvalue weighted by Gasteiger charge is 2.35. The Hall–Kier alpha value is -1.23. The summed E-state index contributed by atoms with van der Waals surface area (Å²) in [6.45, 7) is 1.26. The van der Waals surface area contributed by atoms with E-state index in [-0.39, 0.29) is 24.4 Å². The van der Waals surface area contributed by atoms with Crippen LogP contribution in [0.2, 0.25) is 0 Å². The van der Waals surface area contributed by atoms with E-state index >= 15 is 0 Å². The number of hydrogen-bond donors (Lipinski definition) is 2. The van der Waals surface area contributed by atoms with Crippen LogP contribution in [0.15, 0.2) is 24.3 Å². The number of alkyl halides is 3. The van der Waals surface area contributed by atoms with Crippen molar-refractivity contribution in [3.63, 3.8) is 0 Å². The van der Waals surface area contributed by atoms with Crippen LogP contribution >= 0.6 is 0 Å². The molecule has 5 nitrogen and oxygen atoms in total. The van der Waals surface area contributed by atoms with Crippen molar-refractivity contribution in [2.45, 2.75) is 43.9 Å². The highest BCUT2D eigenvalue weighted by atomic mass is 32.2. The van der Waals surface area contributed by atoms with Gasteiger partial charge in [-0.25, -0.2) is 17.5 Å². The molecule has 2 atom stereocenters. The van der Waals surface area contributed by atoms with Gasteiger partial charge in [0.15, 0.2) is 5.75 Å². The van der Waals surface area contributed by atoms with Gasteiger partial charge >= 0.3 is 6.18 Å². The third-order valence-electron chi connectivity index (χ3n) is 4.62. The Balaban J connectivity index is 1.80. The van der Waals surface area contributed by atoms with Crippen molar-refractivity contribution in [3.8, 4) is 0 Å². The number of nitrogens with one attached hydrogen (secondary N) is 1. The van der Waals surface area contributed by atoms with E-state index in [0.717, 1.165) is 13.0 Å². The Morgan fingerprint density at radius 2 is 2.00 bits per heavy atom. The van der Waals surface area contributed by atoms with E-state index in [0.29, 0.717) is 31.4 Å². The van der Waals surface area contributed by atoms with E-state index in [1.807, 2.05) is 4.90 Å². The maximum atomic E-state index is 13.7. The van der Waals surface area contributed by atoms with Crippen molar-refractivity contribution in [3.05, 3.63) is 35.6 Å². The summed E-state index contributed by atoms with van der Waals surface area (Å²) in [6, 6.07) is 6.00. The molecule has 0 saturated carbocycles. The van der Waals surface area contributed by atoms with Gasteiger partial charge in [0.05, 0.1) is 0 Å². The molecule has 1 fully saturated rings. The van der Waals surface area contributed by atoms with Gasteiger partial charge in [0.25, 0.3) is 0 Å². The minimum Gasteiger partial charge on any atom is -0.327 e. The number of hydrogen-bond acceptors (Lipinski definition) is 4. The van der Waals surface area contributed by atoms with Crippen LogP contribution in [0.4, 0.5) is 17.6 Å². The normalized spacial score (nSPS) is 20.1. The van der Waals surface area contributed by atoms with Crippen LogP contribution in [0.5, 0.6) is 0 Å². The quantitative estimate of drug-likeness (QED) is 0.610. The lowest BCUT2D eigenvalue weighted by atomic mass is 10.0. The molecule has 0 unspecified atom stereocenters. The zero-order chi connectivity index (χ0) is 20.1. The molecule has 1 saturated heterocycles. The molecular formula is C17H25F4N3O2S. The summed E-state index contributed by atoms with van der Waals surface area (Å²) in [5.41, 5.74) is 6.63. The number of nitrogens with zero attached hydrogens (tertiary/aromatic N) is 1. The highest BCUT2D eigenvalue weighted by molar-refractivity contribution is 7.89. The number of likely N-dealkylation sites (tertiary alicyclic amines) is 1. The Morgan fingerprint density at radius 1 is 1.30 bits per heavy atom. The molecule has 1 aromatic rings. The average Bonchev–Trinajstić information content (AvgIpc) is 2.99. The lowest BCUT2D eigenvalue weighted by Gasteiger charge is -2.26. The van der Waals surface area contributed by atoms with Crippen LogP contribution in [0, 0.1) is 5.82 Å². The molecule has 1 aliphatic heterocycles. The van der Waals surface area contributed by atoms with Gasteiger partial charge < -0.3 is 5.73 Å². The van der Waals surface area contributed by atoms with Gasteiger partial charge in [0.2, 0.25) is 10.0 Å². The summed E-state index contributed by atoms with van der Waals surface area (Å²) in [4.78, 5) is 2.03. The molecule has 0 bridgehead atoms. The van der Waals surface area contributed by atoms with Gasteiger partial charge in [-0.05, 0) is 50.4 Å². The van der Waals surface area contributed by atoms with Crippen molar-refractivity contribution in [1.82, 2.24) is 9.62 Å². The molecule has 1 heterocycles. The number of nitrogens with two attached hydrogens (primary N) is 1. The molecule has 10 heteroatoms. The van der Waals surface area contributed by atoms with Crippen LogP contribution in [0.1, 0.15) is 24.8 Å². The van der Waals surface area contributed by atoms with Gasteiger partial charge in [-0.1, -0.05) is 18.2 Å². The molecule has 0 aromatic heterocycles. The zero-order valence-electron chi connectivity index (χ0n) is 14.9. The van der Waals surface area contributed by atoms with Crippen LogP contribution in [0.25, 0.3) is 0 Å². The molecule has 154 valence electrons. The monoisotopic (exact) mass is 411 g/mol. The predicted molar refractivity (Wildman–Crippen MR) is 95.1 cm³/mol. The van der Waals surface area contributed by atoms with E-state index < -0.39 is 22.0 Å². The van der Waals surface area contributed by atoms with Gasteiger partial charge in [-0.3, -0.25) is 4.90 Å². The minimum absolute atomic E-state index is 0.0546. The first-order valence-electron chi connectivity index (χ1n) is 8.83. The van der Waals surface area contributed by atoms with Crippen molar-refractivity contribution in [2.75, 3.05) is 25.4 Å². The molecule has 2 rings (SSSR count). The Labute approximate surface area is 157 Å². The summed E-state index contributed by atoms with van der Waals surface area (Å²) in [7, 11) is -4.39. The molecule has 1 aliphatic rings. The fourth-order valence-corrected chi connectivity index (χ4v) is 4.27. The van der Waals surface area contributed by atoms with E-state index in [9.17, 15) is 26.0 Å². The van der Waals surface area contributed by atoms with Crippen molar-refractivity contribution in [2.24, 2.45) is 5.73 Å². The highest BCUT2D eigenvalue weighted by Crippen LogP contribution is 2.20. The van der Waals surface area contributed by atoms with Crippen LogP contribution in [-0.4, -0.2) is 57.0 Å². The van der Waals surface area contributed by atoms with Crippen molar-refractivity contribution >= 4 is 10.0 Å². The first kappa shape index (κ1) is 22.1. The van der Waals surface area contributed by atoms with Gasteiger partial charge in [0.1, 0.15) is 5.82 Å². The molecule has 27 heavy (non-hydrogen) atoms. The number of benzene rings is 1. The summed E-state index contributed by atoms with van der Waals surface area (Å²) in [5, 5.41) is 0. The van der Waals surface area contributed by atoms with Crippen molar-refractivity contribution in [1.29, 1.82) is 0 Å². The third-order valence-corrected chi connectivity index (χ3v) is 5.93. The third kappa shape index (κ3) is 7.73. The Kier molecular flexibility index (Phi) is 7.61. The second kappa shape index (κ2) is 9.31. The average molecular weight is 411 g/mol. The van der Waals surface area contributed by atoms with Crippen LogP contribution in [0.3, 0.4) is 0 Å². The smallest absolute Gasteiger partial charge is 0.327 e. The van der Waals surface area contributed by atoms with Gasteiger partial charge in [-0.2, -0.15) is 13.2 Å². The SMILES string of the molecule is N[C@@H](CCN1CCC[C@H]1CNS(=O)(=O)CC(F)(F)F)Cc1ccccc1F. The second-order valence-electron chi connectivity index (χ2n) is 6.90. The minimum atomic E-state index is -4.76. The summed E-state index contributed by atoms with van der Waals surface area (Å²) < 4.78 is 75.6. The first-order chi connectivity index (χ1) is 12.6. The maximum Gasteiger partial charge on any atom is 0.404 e. The van der Waals surface area contributed by atoms with E-state index in [1.54, 1.807) is 18.2 Å². The fourth-order valence-electron chi connectivity index (χ4n) is 3.29. The molecule has 0 amide bonds. The first-order valence-corrected chi connectivity index (χ1v) is 10.5. The number of sulfonamides is 1. The Bertz CT molecular complexity index is 712. The fraction of sp³-hybridized carbons (Fsp3) is 0.647. The van der Waals surface area contributed by atoms with Gasteiger partial charge in [0, 0.05) is 18.6 Å². The molecular weight excluding hydrogens is 386 g/mol. The lowest BCUT2D eigenvalue weighted by molar-refractivity contribution is -0.106. The van der Waals surface area contributed by atoms with Gasteiger partial charge in [-0.15, -0.1) is 0 Å². The van der Waals surface area contributed by atoms with Crippen molar-refractivity contribution < 1.29 is 26.0 Å². The molecule has 0 aliphatic carbocycles. The molecule has 3 N–H and O–H groups in total. The van der Waals surface area contributed by atoms with E-state index in [1.165, 1.54) is 6.07 Å². The van der Waals surface area contributed by atoms with Crippen LogP contribution in [-0.2, 0) is 16.4 Å². The standard InChI is InChI=1S/C17H25F4N3O2S/c18-16-6-2-1-4-13(16)10-14(22)7-9-24-8-3-5-15(24)11-23-27(25,26)12-17(19,20)21/h1-2,4,6,14-15,23H,3,5,7-12,22H2/t14-,15-/m0/s1. The second-order valence-corrected chi connectivity index (χ2v) is 8.71. The lowest BCUT2D eigenvalue weighted by Crippen LogP contribution is -2.43. The molecule has 1 aromatic carbocycles. The van der Waals surface area contributed by atoms with Crippen LogP contribution < -0.4 is 10.5 Å². The summed E-state index contributed by atoms with van der Waals surface area (Å²) in [5.74, 6) is -2.17. The summed E-state index contributed by atoms with van der Waals surface area (Å²) >= 11 is 0. The van der Waals surface area contributed by atoms with E-state index in [2.05, 4.69) is 4.72 Å². The summed E-state index contributed by atoms with van der Waals surface area (Å²) in [6.07, 6.45) is -2.24. The maximum absolute atomic E-state index is 13.7. The zero-order valence-corrected chi connectivity index (χ0v) is 15.7. The molecule has 0 spiro atoms. The molecule has 0 radical (unpaired) electrons. The topological polar surface area (TPSA) is 75.4 Å². The number of halogens is 4. The number of rotatable bonds is 9. The predicted octanol–water partition coefficient (Wildman–Crippen LogP) is 2.03. The largest absolute Gasteiger partial charge is 0.404 e. The Morgan fingerprint density at radius 3 is 2.67 bits per heavy atom.